The van der Waals surface area contributed by atoms with Gasteiger partial charge in [0.05, 0.1) is 19.6 Å². The number of carbonyl (C=O) groups is 1. The summed E-state index contributed by atoms with van der Waals surface area (Å²) < 4.78 is 5.42. The highest BCUT2D eigenvalue weighted by molar-refractivity contribution is 5.78. The van der Waals surface area contributed by atoms with Crippen molar-refractivity contribution in [2.24, 2.45) is 0 Å². The molecule has 5 heteroatoms. The molecule has 1 aliphatic rings. The number of rotatable bonds is 7. The van der Waals surface area contributed by atoms with E-state index in [0.717, 1.165) is 43.9 Å². The van der Waals surface area contributed by atoms with Crippen LogP contribution >= 0.6 is 0 Å². The molecule has 1 fully saturated rings. The van der Waals surface area contributed by atoms with Crippen LogP contribution in [0.15, 0.2) is 24.3 Å². The lowest BCUT2D eigenvalue weighted by Gasteiger charge is -2.38. The Morgan fingerprint density at radius 2 is 1.83 bits per heavy atom. The number of carbonyl (C=O) groups excluding carboxylic acids is 1. The molecule has 128 valence electrons. The van der Waals surface area contributed by atoms with Crippen molar-refractivity contribution in [1.82, 2.24) is 9.80 Å². The van der Waals surface area contributed by atoms with Gasteiger partial charge in [-0.2, -0.15) is 0 Å². The molecule has 0 saturated carbocycles. The van der Waals surface area contributed by atoms with E-state index < -0.39 is 0 Å². The molecular formula is C18H28N2O3. The first-order valence-corrected chi connectivity index (χ1v) is 8.52. The minimum absolute atomic E-state index is 0.172. The molecule has 1 N–H and O–H groups in total. The molecule has 1 unspecified atom stereocenters. The Bertz CT molecular complexity index is 478. The van der Waals surface area contributed by atoms with Gasteiger partial charge in [-0.15, -0.1) is 0 Å². The zero-order valence-corrected chi connectivity index (χ0v) is 14.2. The van der Waals surface area contributed by atoms with Crippen molar-refractivity contribution >= 4 is 5.91 Å². The SMILES string of the molecule is CCOc1ccc(CC(=O)N2CCN(C(CC)CO)CC2)cc1. The summed E-state index contributed by atoms with van der Waals surface area (Å²) in [5.74, 6) is 1.01. The standard InChI is InChI=1S/C18H28N2O3/c1-3-16(14-21)19-9-11-20(12-10-19)18(22)13-15-5-7-17(8-6-15)23-4-2/h5-8,16,21H,3-4,9-14H2,1-2H3. The van der Waals surface area contributed by atoms with E-state index >= 15 is 0 Å². The van der Waals surface area contributed by atoms with Gasteiger partial charge in [0.25, 0.3) is 0 Å². The molecule has 0 aliphatic carbocycles. The van der Waals surface area contributed by atoms with Crippen molar-refractivity contribution in [1.29, 1.82) is 0 Å². The van der Waals surface area contributed by atoms with Gasteiger partial charge in [0, 0.05) is 32.2 Å². The molecule has 1 aromatic carbocycles. The highest BCUT2D eigenvalue weighted by Crippen LogP contribution is 2.14. The summed E-state index contributed by atoms with van der Waals surface area (Å²) in [7, 11) is 0. The van der Waals surface area contributed by atoms with Gasteiger partial charge in [-0.25, -0.2) is 0 Å². The van der Waals surface area contributed by atoms with E-state index in [0.29, 0.717) is 13.0 Å². The van der Waals surface area contributed by atoms with Crippen LogP contribution in [0.1, 0.15) is 25.8 Å². The van der Waals surface area contributed by atoms with Crippen molar-refractivity contribution in [2.45, 2.75) is 32.7 Å². The molecule has 1 aromatic rings. The van der Waals surface area contributed by atoms with Gasteiger partial charge in [0.15, 0.2) is 0 Å². The Morgan fingerprint density at radius 1 is 1.17 bits per heavy atom. The number of hydrogen-bond donors (Lipinski definition) is 1. The minimum atomic E-state index is 0.172. The number of ether oxygens (including phenoxy) is 1. The second-order valence-electron chi connectivity index (χ2n) is 5.92. The number of benzene rings is 1. The third-order valence-electron chi connectivity index (χ3n) is 4.46. The summed E-state index contributed by atoms with van der Waals surface area (Å²) in [6, 6.07) is 7.96. The number of nitrogens with zero attached hydrogens (tertiary/aromatic N) is 2. The summed E-state index contributed by atoms with van der Waals surface area (Å²) in [5.41, 5.74) is 1.02. The van der Waals surface area contributed by atoms with Crippen LogP contribution in [0.25, 0.3) is 0 Å². The molecule has 23 heavy (non-hydrogen) atoms. The average molecular weight is 320 g/mol. The van der Waals surface area contributed by atoms with E-state index in [4.69, 9.17) is 4.74 Å². The number of aliphatic hydroxyl groups excluding tert-OH is 1. The van der Waals surface area contributed by atoms with Gasteiger partial charge < -0.3 is 14.7 Å². The zero-order chi connectivity index (χ0) is 16.7. The second-order valence-corrected chi connectivity index (χ2v) is 5.92. The van der Waals surface area contributed by atoms with Gasteiger partial charge in [0.1, 0.15) is 5.75 Å². The molecule has 0 radical (unpaired) electrons. The maximum atomic E-state index is 12.4. The van der Waals surface area contributed by atoms with Gasteiger partial charge in [-0.1, -0.05) is 19.1 Å². The Labute approximate surface area is 138 Å². The summed E-state index contributed by atoms with van der Waals surface area (Å²) in [6.45, 7) is 8.05. The third-order valence-corrected chi connectivity index (χ3v) is 4.46. The first-order valence-electron chi connectivity index (χ1n) is 8.52. The lowest BCUT2D eigenvalue weighted by Crippen LogP contribution is -2.53. The fourth-order valence-electron chi connectivity index (χ4n) is 3.00. The Balaban J connectivity index is 1.83. The summed E-state index contributed by atoms with van der Waals surface area (Å²) in [6.07, 6.45) is 1.38. The van der Waals surface area contributed by atoms with E-state index in [1.54, 1.807) is 0 Å². The molecule has 0 spiro atoms. The number of aliphatic hydroxyl groups is 1. The second kappa shape index (κ2) is 8.89. The maximum absolute atomic E-state index is 12.4. The first-order chi connectivity index (χ1) is 11.2. The average Bonchev–Trinajstić information content (AvgIpc) is 2.58. The minimum Gasteiger partial charge on any atom is -0.494 e. The monoisotopic (exact) mass is 320 g/mol. The molecule has 1 amide bonds. The molecular weight excluding hydrogens is 292 g/mol. The summed E-state index contributed by atoms with van der Waals surface area (Å²) >= 11 is 0. The highest BCUT2D eigenvalue weighted by Gasteiger charge is 2.24. The van der Waals surface area contributed by atoms with Gasteiger partial charge in [-0.3, -0.25) is 9.69 Å². The maximum Gasteiger partial charge on any atom is 0.227 e. The smallest absolute Gasteiger partial charge is 0.227 e. The van der Waals surface area contributed by atoms with Crippen LogP contribution in [0, 0.1) is 0 Å². The van der Waals surface area contributed by atoms with Crippen molar-refractivity contribution in [3.63, 3.8) is 0 Å². The summed E-state index contributed by atoms with van der Waals surface area (Å²) in [5, 5.41) is 9.38. The fraction of sp³-hybridized carbons (Fsp3) is 0.611. The molecule has 5 nitrogen and oxygen atoms in total. The highest BCUT2D eigenvalue weighted by atomic mass is 16.5. The van der Waals surface area contributed by atoms with Gasteiger partial charge in [-0.05, 0) is 31.0 Å². The molecule has 1 atom stereocenters. The molecule has 2 rings (SSSR count). The third kappa shape index (κ3) is 4.94. The van der Waals surface area contributed by atoms with E-state index in [-0.39, 0.29) is 18.6 Å². The largest absolute Gasteiger partial charge is 0.494 e. The van der Waals surface area contributed by atoms with E-state index in [1.165, 1.54) is 0 Å². The lowest BCUT2D eigenvalue weighted by molar-refractivity contribution is -0.132. The van der Waals surface area contributed by atoms with Gasteiger partial charge in [0.2, 0.25) is 5.91 Å². The van der Waals surface area contributed by atoms with E-state index in [1.807, 2.05) is 36.1 Å². The molecule has 1 saturated heterocycles. The molecule has 0 bridgehead atoms. The van der Waals surface area contributed by atoms with Crippen LogP contribution in [-0.4, -0.2) is 66.2 Å². The predicted octanol–water partition coefficient (Wildman–Crippen LogP) is 1.54. The number of piperazine rings is 1. The number of hydrogen-bond acceptors (Lipinski definition) is 4. The van der Waals surface area contributed by atoms with E-state index in [9.17, 15) is 9.90 Å². The van der Waals surface area contributed by atoms with Crippen molar-refractivity contribution in [3.05, 3.63) is 29.8 Å². The van der Waals surface area contributed by atoms with Crippen LogP contribution in [0.5, 0.6) is 5.75 Å². The van der Waals surface area contributed by atoms with Crippen LogP contribution in [0.3, 0.4) is 0 Å². The molecule has 0 aromatic heterocycles. The van der Waals surface area contributed by atoms with Crippen LogP contribution < -0.4 is 4.74 Å². The molecule has 1 aliphatic heterocycles. The predicted molar refractivity (Wildman–Crippen MR) is 90.6 cm³/mol. The fourth-order valence-corrected chi connectivity index (χ4v) is 3.00. The Hall–Kier alpha value is -1.59. The van der Waals surface area contributed by atoms with E-state index in [2.05, 4.69) is 11.8 Å². The Morgan fingerprint density at radius 3 is 2.35 bits per heavy atom. The van der Waals surface area contributed by atoms with Crippen LogP contribution in [0.4, 0.5) is 0 Å². The first kappa shape index (κ1) is 17.8. The quantitative estimate of drug-likeness (QED) is 0.828. The summed E-state index contributed by atoms with van der Waals surface area (Å²) in [4.78, 5) is 16.6. The van der Waals surface area contributed by atoms with Crippen molar-refractivity contribution in [3.8, 4) is 5.75 Å². The Kier molecular flexibility index (Phi) is 6.86. The van der Waals surface area contributed by atoms with Crippen LogP contribution in [-0.2, 0) is 11.2 Å². The van der Waals surface area contributed by atoms with Gasteiger partial charge >= 0.3 is 0 Å². The van der Waals surface area contributed by atoms with Crippen LogP contribution in [0.2, 0.25) is 0 Å². The van der Waals surface area contributed by atoms with Crippen molar-refractivity contribution < 1.29 is 14.6 Å². The van der Waals surface area contributed by atoms with Crippen molar-refractivity contribution in [2.75, 3.05) is 39.4 Å². The molecule has 1 heterocycles. The normalized spacial score (nSPS) is 17.1. The lowest BCUT2D eigenvalue weighted by atomic mass is 10.1. The zero-order valence-electron chi connectivity index (χ0n) is 14.2. The topological polar surface area (TPSA) is 53.0 Å². The number of amides is 1.